The van der Waals surface area contributed by atoms with E-state index in [-0.39, 0.29) is 16.4 Å². The van der Waals surface area contributed by atoms with Gasteiger partial charge in [-0.25, -0.2) is 0 Å². The lowest BCUT2D eigenvalue weighted by atomic mass is 10.3. The van der Waals surface area contributed by atoms with Crippen LogP contribution in [0.2, 0.25) is 4.47 Å². The molecule has 0 saturated carbocycles. The maximum absolute atomic E-state index is 12.3. The fraction of sp³-hybridized carbons (Fsp3) is 0.364. The SMILES string of the molecule is CC(C)N(Cc1cccs1)C(=O)c1nnc(Cl)s1. The van der Waals surface area contributed by atoms with Gasteiger partial charge in [-0.05, 0) is 36.9 Å². The van der Waals surface area contributed by atoms with Crippen molar-refractivity contribution in [1.29, 1.82) is 0 Å². The van der Waals surface area contributed by atoms with E-state index in [2.05, 4.69) is 10.2 Å². The summed E-state index contributed by atoms with van der Waals surface area (Å²) in [5.74, 6) is -0.122. The first kappa shape index (κ1) is 13.5. The Kier molecular flexibility index (Phi) is 4.31. The fourth-order valence-corrected chi connectivity index (χ4v) is 2.96. The molecule has 0 saturated heterocycles. The normalized spacial score (nSPS) is 10.9. The van der Waals surface area contributed by atoms with E-state index in [0.29, 0.717) is 11.6 Å². The number of hydrogen-bond acceptors (Lipinski definition) is 5. The number of hydrogen-bond donors (Lipinski definition) is 0. The van der Waals surface area contributed by atoms with Gasteiger partial charge in [0, 0.05) is 10.9 Å². The number of carbonyl (C=O) groups is 1. The molecule has 0 N–H and O–H groups in total. The molecule has 2 aromatic rings. The first-order valence-electron chi connectivity index (χ1n) is 5.40. The lowest BCUT2D eigenvalue weighted by Gasteiger charge is -2.25. The number of nitrogens with zero attached hydrogens (tertiary/aromatic N) is 3. The number of thiophene rings is 1. The highest BCUT2D eigenvalue weighted by molar-refractivity contribution is 7.17. The number of carbonyl (C=O) groups excluding carboxylic acids is 1. The molecular weight excluding hydrogens is 290 g/mol. The van der Waals surface area contributed by atoms with Gasteiger partial charge in [0.05, 0.1) is 6.54 Å². The van der Waals surface area contributed by atoms with E-state index in [1.54, 1.807) is 16.2 Å². The first-order valence-corrected chi connectivity index (χ1v) is 7.47. The smallest absolute Gasteiger partial charge is 0.285 e. The van der Waals surface area contributed by atoms with E-state index >= 15 is 0 Å². The molecule has 0 aliphatic heterocycles. The maximum atomic E-state index is 12.3. The van der Waals surface area contributed by atoms with Crippen LogP contribution in [0.25, 0.3) is 0 Å². The number of amides is 1. The predicted molar refractivity (Wildman–Crippen MR) is 74.2 cm³/mol. The molecule has 0 fully saturated rings. The Balaban J connectivity index is 2.17. The lowest BCUT2D eigenvalue weighted by molar-refractivity contribution is 0.0691. The van der Waals surface area contributed by atoms with Crippen molar-refractivity contribution in [3.63, 3.8) is 0 Å². The van der Waals surface area contributed by atoms with E-state index in [1.165, 1.54) is 0 Å². The van der Waals surface area contributed by atoms with Gasteiger partial charge in [0.15, 0.2) is 0 Å². The van der Waals surface area contributed by atoms with Crippen LogP contribution in [0.15, 0.2) is 17.5 Å². The summed E-state index contributed by atoms with van der Waals surface area (Å²) in [5.41, 5.74) is 0. The molecule has 0 radical (unpaired) electrons. The van der Waals surface area contributed by atoms with Crippen molar-refractivity contribution < 1.29 is 4.79 Å². The molecule has 96 valence electrons. The number of rotatable bonds is 4. The van der Waals surface area contributed by atoms with E-state index in [0.717, 1.165) is 16.2 Å². The average molecular weight is 302 g/mol. The van der Waals surface area contributed by atoms with E-state index in [9.17, 15) is 4.79 Å². The highest BCUT2D eigenvalue weighted by atomic mass is 35.5. The Morgan fingerprint density at radius 3 is 2.78 bits per heavy atom. The van der Waals surface area contributed by atoms with Crippen molar-refractivity contribution in [3.05, 3.63) is 31.9 Å². The van der Waals surface area contributed by atoms with Crippen LogP contribution in [-0.2, 0) is 6.54 Å². The zero-order chi connectivity index (χ0) is 13.1. The van der Waals surface area contributed by atoms with Crippen molar-refractivity contribution >= 4 is 40.2 Å². The maximum Gasteiger partial charge on any atom is 0.285 e. The topological polar surface area (TPSA) is 46.1 Å². The Hall–Kier alpha value is -0.980. The second-order valence-corrected chi connectivity index (χ2v) is 6.56. The van der Waals surface area contributed by atoms with Crippen LogP contribution < -0.4 is 0 Å². The zero-order valence-corrected chi connectivity index (χ0v) is 12.3. The summed E-state index contributed by atoms with van der Waals surface area (Å²) in [7, 11) is 0. The molecule has 2 rings (SSSR count). The van der Waals surface area contributed by atoms with Gasteiger partial charge in [-0.2, -0.15) is 0 Å². The van der Waals surface area contributed by atoms with Gasteiger partial charge in [0.1, 0.15) is 0 Å². The molecule has 2 aromatic heterocycles. The molecule has 0 aromatic carbocycles. The van der Waals surface area contributed by atoms with Crippen molar-refractivity contribution in [2.45, 2.75) is 26.4 Å². The zero-order valence-electron chi connectivity index (χ0n) is 9.96. The van der Waals surface area contributed by atoms with E-state index < -0.39 is 0 Å². The third kappa shape index (κ3) is 3.07. The number of halogens is 1. The van der Waals surface area contributed by atoms with E-state index in [1.807, 2.05) is 31.4 Å². The van der Waals surface area contributed by atoms with E-state index in [4.69, 9.17) is 11.6 Å². The third-order valence-electron chi connectivity index (χ3n) is 2.37. The molecule has 7 heteroatoms. The highest BCUT2D eigenvalue weighted by Gasteiger charge is 2.22. The molecule has 1 amide bonds. The molecule has 18 heavy (non-hydrogen) atoms. The Morgan fingerprint density at radius 1 is 1.50 bits per heavy atom. The fourth-order valence-electron chi connectivity index (χ4n) is 1.47. The summed E-state index contributed by atoms with van der Waals surface area (Å²) < 4.78 is 0.290. The Morgan fingerprint density at radius 2 is 2.28 bits per heavy atom. The summed E-state index contributed by atoms with van der Waals surface area (Å²) in [6.07, 6.45) is 0. The van der Waals surface area contributed by atoms with Crippen LogP contribution in [0.3, 0.4) is 0 Å². The van der Waals surface area contributed by atoms with Crippen LogP contribution in [-0.4, -0.2) is 27.0 Å². The highest BCUT2D eigenvalue weighted by Crippen LogP contribution is 2.20. The monoisotopic (exact) mass is 301 g/mol. The summed E-state index contributed by atoms with van der Waals surface area (Å²) >= 11 is 8.45. The third-order valence-corrected chi connectivity index (χ3v) is 4.24. The van der Waals surface area contributed by atoms with Crippen molar-refractivity contribution in [2.75, 3.05) is 0 Å². The molecule has 0 atom stereocenters. The van der Waals surface area contributed by atoms with Crippen molar-refractivity contribution in [1.82, 2.24) is 15.1 Å². The summed E-state index contributed by atoms with van der Waals surface area (Å²) in [4.78, 5) is 15.2. The Labute approximate surface area is 118 Å². The van der Waals surface area contributed by atoms with Gasteiger partial charge >= 0.3 is 0 Å². The molecule has 4 nitrogen and oxygen atoms in total. The van der Waals surface area contributed by atoms with Crippen LogP contribution in [0.1, 0.15) is 28.5 Å². The second-order valence-electron chi connectivity index (χ2n) is 3.97. The average Bonchev–Trinajstić information content (AvgIpc) is 2.95. The molecule has 2 heterocycles. The van der Waals surface area contributed by atoms with Gasteiger partial charge in [0.2, 0.25) is 9.47 Å². The summed E-state index contributed by atoms with van der Waals surface area (Å²) in [6.45, 7) is 4.55. The van der Waals surface area contributed by atoms with Crippen LogP contribution >= 0.6 is 34.3 Å². The first-order chi connectivity index (χ1) is 8.58. The predicted octanol–water partition coefficient (Wildman–Crippen LogP) is 3.30. The Bertz CT molecular complexity index is 524. The quantitative estimate of drug-likeness (QED) is 0.870. The molecule has 0 aliphatic carbocycles. The molecular formula is C11H12ClN3OS2. The standard InChI is InChI=1S/C11H12ClN3OS2/c1-7(2)15(6-8-4-3-5-17-8)10(16)9-13-14-11(12)18-9/h3-5,7H,6H2,1-2H3. The van der Waals surface area contributed by atoms with Gasteiger partial charge < -0.3 is 4.90 Å². The molecule has 0 aliphatic rings. The van der Waals surface area contributed by atoms with Crippen LogP contribution in [0.4, 0.5) is 0 Å². The van der Waals surface area contributed by atoms with Gasteiger partial charge in [-0.15, -0.1) is 21.5 Å². The second kappa shape index (κ2) is 5.77. The summed E-state index contributed by atoms with van der Waals surface area (Å²) in [6, 6.07) is 4.09. The van der Waals surface area contributed by atoms with Crippen molar-refractivity contribution in [3.8, 4) is 0 Å². The molecule has 0 unspecified atom stereocenters. The number of aromatic nitrogens is 2. The minimum atomic E-state index is -0.122. The summed E-state index contributed by atoms with van der Waals surface area (Å²) in [5, 5.41) is 9.80. The van der Waals surface area contributed by atoms with Crippen LogP contribution in [0.5, 0.6) is 0 Å². The van der Waals surface area contributed by atoms with Gasteiger partial charge in [-0.3, -0.25) is 4.79 Å². The van der Waals surface area contributed by atoms with Crippen LogP contribution in [0, 0.1) is 0 Å². The molecule has 0 spiro atoms. The van der Waals surface area contributed by atoms with Crippen molar-refractivity contribution in [2.24, 2.45) is 0 Å². The minimum absolute atomic E-state index is 0.0993. The molecule has 0 bridgehead atoms. The van der Waals surface area contributed by atoms with Gasteiger partial charge in [-0.1, -0.05) is 17.4 Å². The minimum Gasteiger partial charge on any atom is -0.329 e. The lowest BCUT2D eigenvalue weighted by Crippen LogP contribution is -2.36. The van der Waals surface area contributed by atoms with Gasteiger partial charge in [0.25, 0.3) is 5.91 Å². The largest absolute Gasteiger partial charge is 0.329 e.